The zero-order chi connectivity index (χ0) is 22.6. The fourth-order valence-electron chi connectivity index (χ4n) is 3.24. The molecule has 1 unspecified atom stereocenters. The highest BCUT2D eigenvalue weighted by atomic mass is 35.5. The second-order valence-corrected chi connectivity index (χ2v) is 9.42. The van der Waals surface area contributed by atoms with Gasteiger partial charge in [-0.3, -0.25) is 4.79 Å². The molecule has 0 saturated carbocycles. The van der Waals surface area contributed by atoms with E-state index in [0.29, 0.717) is 12.8 Å². The molecule has 1 aliphatic heterocycles. The molecule has 2 aromatic rings. The quantitative estimate of drug-likeness (QED) is 0.673. The van der Waals surface area contributed by atoms with Crippen LogP contribution < -0.4 is 10.1 Å². The van der Waals surface area contributed by atoms with Crippen molar-refractivity contribution in [1.29, 1.82) is 0 Å². The van der Waals surface area contributed by atoms with Crippen LogP contribution in [0.5, 0.6) is 5.75 Å². The van der Waals surface area contributed by atoms with E-state index in [1.165, 1.54) is 34.6 Å². The number of hydrogen-bond donors (Lipinski definition) is 1. The van der Waals surface area contributed by atoms with E-state index in [4.69, 9.17) is 16.3 Å². The minimum atomic E-state index is -4.55. The molecule has 1 N–H and O–H groups in total. The third-order valence-corrected chi connectivity index (χ3v) is 6.84. The van der Waals surface area contributed by atoms with Crippen molar-refractivity contribution in [2.75, 3.05) is 25.0 Å². The van der Waals surface area contributed by atoms with Gasteiger partial charge in [0.05, 0.1) is 16.5 Å². The zero-order valence-electron chi connectivity index (χ0n) is 16.2. The third-order valence-electron chi connectivity index (χ3n) is 4.73. The Labute approximate surface area is 183 Å². The van der Waals surface area contributed by atoms with Crippen LogP contribution in [-0.2, 0) is 14.8 Å². The van der Waals surface area contributed by atoms with Gasteiger partial charge >= 0.3 is 6.18 Å². The number of halogens is 4. The first kappa shape index (κ1) is 23.4. The Morgan fingerprint density at radius 1 is 1.19 bits per heavy atom. The Morgan fingerprint density at radius 3 is 2.58 bits per heavy atom. The van der Waals surface area contributed by atoms with Crippen molar-refractivity contribution in [2.24, 2.45) is 5.92 Å². The average Bonchev–Trinajstić information content (AvgIpc) is 2.73. The second kappa shape index (κ2) is 9.46. The third kappa shape index (κ3) is 6.11. The van der Waals surface area contributed by atoms with Crippen molar-refractivity contribution < 1.29 is 31.1 Å². The largest absolute Gasteiger partial charge is 0.482 e. The molecule has 2 aromatic carbocycles. The number of nitrogens with zero attached hydrogens (tertiary/aromatic N) is 1. The summed E-state index contributed by atoms with van der Waals surface area (Å²) in [6.45, 7) is -1.29. The van der Waals surface area contributed by atoms with E-state index >= 15 is 0 Å². The molecule has 1 saturated heterocycles. The topological polar surface area (TPSA) is 75.7 Å². The lowest BCUT2D eigenvalue weighted by Crippen LogP contribution is -2.43. The molecule has 0 aliphatic carbocycles. The summed E-state index contributed by atoms with van der Waals surface area (Å²) in [5.41, 5.74) is -0.00945. The summed E-state index contributed by atoms with van der Waals surface area (Å²) < 4.78 is 69.2. The van der Waals surface area contributed by atoms with Crippen LogP contribution in [0, 0.1) is 5.92 Å². The smallest absolute Gasteiger partial charge is 0.422 e. The lowest BCUT2D eigenvalue weighted by atomic mass is 9.98. The highest BCUT2D eigenvalue weighted by Crippen LogP contribution is 2.31. The second-order valence-electron chi connectivity index (χ2n) is 7.05. The maximum absolute atomic E-state index is 12.8. The van der Waals surface area contributed by atoms with Gasteiger partial charge in [0, 0.05) is 18.1 Å². The predicted octanol–water partition coefficient (Wildman–Crippen LogP) is 4.32. The zero-order valence-corrected chi connectivity index (χ0v) is 17.8. The van der Waals surface area contributed by atoms with E-state index in [1.54, 1.807) is 18.2 Å². The van der Waals surface area contributed by atoms with Crippen LogP contribution in [0.4, 0.5) is 18.9 Å². The maximum Gasteiger partial charge on any atom is 0.422 e. The van der Waals surface area contributed by atoms with Crippen molar-refractivity contribution in [3.05, 3.63) is 53.6 Å². The number of rotatable bonds is 6. The molecule has 1 fully saturated rings. The molecule has 0 radical (unpaired) electrons. The lowest BCUT2D eigenvalue weighted by Gasteiger charge is -2.31. The number of ether oxygens (including phenoxy) is 1. The van der Waals surface area contributed by atoms with Gasteiger partial charge in [0.1, 0.15) is 5.75 Å². The predicted molar refractivity (Wildman–Crippen MR) is 110 cm³/mol. The monoisotopic (exact) mass is 476 g/mol. The number of carbonyl (C=O) groups excluding carboxylic acids is 1. The summed E-state index contributed by atoms with van der Waals surface area (Å²) in [6.07, 6.45) is -3.64. The number of anilines is 1. The Kier molecular flexibility index (Phi) is 7.13. The van der Waals surface area contributed by atoms with Crippen LogP contribution >= 0.6 is 11.6 Å². The summed E-state index contributed by atoms with van der Waals surface area (Å²) in [6, 6.07) is 11.8. The van der Waals surface area contributed by atoms with Crippen LogP contribution in [0.2, 0.25) is 5.02 Å². The number of hydrogen-bond acceptors (Lipinski definition) is 4. The molecule has 1 heterocycles. The molecule has 0 spiro atoms. The molecule has 3 rings (SSSR count). The number of sulfonamides is 1. The van der Waals surface area contributed by atoms with Gasteiger partial charge in [0.15, 0.2) is 6.61 Å². The number of amides is 1. The van der Waals surface area contributed by atoms with Crippen molar-refractivity contribution in [3.63, 3.8) is 0 Å². The van der Waals surface area contributed by atoms with Crippen molar-refractivity contribution in [2.45, 2.75) is 23.9 Å². The Hall–Kier alpha value is -2.30. The molecule has 1 aliphatic rings. The molecule has 11 heteroatoms. The maximum atomic E-state index is 12.8. The molecular formula is C20H20ClF3N2O4S. The van der Waals surface area contributed by atoms with Crippen molar-refractivity contribution in [3.8, 4) is 5.75 Å². The van der Waals surface area contributed by atoms with E-state index in [2.05, 4.69) is 5.32 Å². The first-order chi connectivity index (χ1) is 14.6. The van der Waals surface area contributed by atoms with Crippen LogP contribution in [-0.4, -0.2) is 44.5 Å². The van der Waals surface area contributed by atoms with E-state index < -0.39 is 34.6 Å². The van der Waals surface area contributed by atoms with Crippen molar-refractivity contribution >= 4 is 33.2 Å². The highest BCUT2D eigenvalue weighted by molar-refractivity contribution is 7.89. The van der Waals surface area contributed by atoms with Crippen LogP contribution in [0.15, 0.2) is 53.4 Å². The molecule has 168 valence electrons. The number of piperidine rings is 1. The average molecular weight is 477 g/mol. The van der Waals surface area contributed by atoms with Gasteiger partial charge in [-0.05, 0) is 43.2 Å². The van der Waals surface area contributed by atoms with Gasteiger partial charge in [-0.2, -0.15) is 17.5 Å². The van der Waals surface area contributed by atoms with Crippen molar-refractivity contribution in [1.82, 2.24) is 4.31 Å². The Morgan fingerprint density at radius 2 is 1.90 bits per heavy atom. The lowest BCUT2D eigenvalue weighted by molar-refractivity contribution is -0.153. The van der Waals surface area contributed by atoms with Crippen LogP contribution in [0.3, 0.4) is 0 Å². The molecule has 0 aromatic heterocycles. The normalized spacial score (nSPS) is 17.9. The van der Waals surface area contributed by atoms with E-state index in [-0.39, 0.29) is 34.4 Å². The fraction of sp³-hybridized carbons (Fsp3) is 0.350. The minimum Gasteiger partial charge on any atom is -0.482 e. The van der Waals surface area contributed by atoms with Crippen LogP contribution in [0.25, 0.3) is 0 Å². The summed E-state index contributed by atoms with van der Waals surface area (Å²) in [4.78, 5) is 12.9. The summed E-state index contributed by atoms with van der Waals surface area (Å²) in [5, 5.41) is 2.73. The number of benzene rings is 2. The SMILES string of the molecule is O=C(Nc1cc(Cl)ccc1OCC(F)(F)F)C1CCCN(S(=O)(=O)c2ccccc2)C1. The van der Waals surface area contributed by atoms with Gasteiger partial charge in [0.25, 0.3) is 0 Å². The first-order valence-electron chi connectivity index (χ1n) is 9.41. The molecule has 1 amide bonds. The summed E-state index contributed by atoms with van der Waals surface area (Å²) in [5.74, 6) is -1.38. The van der Waals surface area contributed by atoms with Gasteiger partial charge in [-0.1, -0.05) is 29.8 Å². The molecular weight excluding hydrogens is 457 g/mol. The van der Waals surface area contributed by atoms with Gasteiger partial charge in [-0.25, -0.2) is 8.42 Å². The molecule has 6 nitrogen and oxygen atoms in total. The standard InChI is InChI=1S/C20H20ClF3N2O4S/c21-15-8-9-18(30-13-20(22,23)24)17(11-15)25-19(27)14-5-4-10-26(12-14)31(28,29)16-6-2-1-3-7-16/h1-3,6-9,11,14H,4-5,10,12-13H2,(H,25,27). The van der Waals surface area contributed by atoms with E-state index in [0.717, 1.165) is 0 Å². The Balaban J connectivity index is 1.73. The van der Waals surface area contributed by atoms with Gasteiger partial charge in [0.2, 0.25) is 15.9 Å². The molecule has 31 heavy (non-hydrogen) atoms. The van der Waals surface area contributed by atoms with Gasteiger partial charge < -0.3 is 10.1 Å². The highest BCUT2D eigenvalue weighted by Gasteiger charge is 2.34. The minimum absolute atomic E-state index is 0.00945. The van der Waals surface area contributed by atoms with Gasteiger partial charge in [-0.15, -0.1) is 0 Å². The first-order valence-corrected chi connectivity index (χ1v) is 11.2. The number of nitrogens with one attached hydrogen (secondary N) is 1. The summed E-state index contributed by atoms with van der Waals surface area (Å²) >= 11 is 5.91. The fourth-order valence-corrected chi connectivity index (χ4v) is 4.95. The van der Waals surface area contributed by atoms with E-state index in [9.17, 15) is 26.4 Å². The molecule has 0 bridgehead atoms. The summed E-state index contributed by atoms with van der Waals surface area (Å²) in [7, 11) is -3.76. The number of carbonyl (C=O) groups is 1. The van der Waals surface area contributed by atoms with Crippen LogP contribution in [0.1, 0.15) is 12.8 Å². The Bertz CT molecular complexity index is 1030. The molecule has 1 atom stereocenters. The van der Waals surface area contributed by atoms with E-state index in [1.807, 2.05) is 0 Å². The number of alkyl halides is 3.